The highest BCUT2D eigenvalue weighted by Gasteiger charge is 1.92. The Morgan fingerprint density at radius 2 is 1.13 bits per heavy atom. The molecular weight excluding hydrogens is 380 g/mol. The van der Waals surface area contributed by atoms with Gasteiger partial charge >= 0.3 is 0 Å². The fraction of sp³-hybridized carbons (Fsp3) is 0.241. The second-order valence-electron chi connectivity index (χ2n) is 7.12. The molecular formula is C29H34S. The standard InChI is InChI=1S/C12H12.C9H12.C8H10S/c1-2-10-7-8-11-5-3-4-6-12(11)9-10;1-3-9-6-4-8(2)5-7-9;1-2-9-8-6-4-3-5-7-8/h3-9H,2H2,1H3;4-7H,3H2,1-2H3;3-7H,2H2,1H3. The number of aryl methyl sites for hydroxylation is 3. The summed E-state index contributed by atoms with van der Waals surface area (Å²) in [5.41, 5.74) is 4.17. The highest BCUT2D eigenvalue weighted by Crippen LogP contribution is 2.16. The van der Waals surface area contributed by atoms with Gasteiger partial charge in [-0.15, -0.1) is 11.8 Å². The van der Waals surface area contributed by atoms with E-state index in [4.69, 9.17) is 0 Å². The smallest absolute Gasteiger partial charge is 0.00718 e. The summed E-state index contributed by atoms with van der Waals surface area (Å²) in [7, 11) is 0. The molecule has 4 aromatic carbocycles. The Morgan fingerprint density at radius 3 is 1.73 bits per heavy atom. The minimum absolute atomic E-state index is 1.12. The van der Waals surface area contributed by atoms with Crippen LogP contribution in [-0.4, -0.2) is 5.75 Å². The molecule has 0 saturated carbocycles. The molecule has 0 aliphatic heterocycles. The number of benzene rings is 4. The van der Waals surface area contributed by atoms with Crippen LogP contribution in [-0.2, 0) is 12.8 Å². The van der Waals surface area contributed by atoms with Crippen LogP contribution in [0.1, 0.15) is 37.5 Å². The Kier molecular flexibility index (Phi) is 10.8. The maximum Gasteiger partial charge on any atom is 0.00718 e. The molecule has 0 bridgehead atoms. The molecule has 0 heterocycles. The van der Waals surface area contributed by atoms with Crippen LogP contribution >= 0.6 is 11.8 Å². The van der Waals surface area contributed by atoms with Gasteiger partial charge in [-0.05, 0) is 59.6 Å². The average Bonchev–Trinajstić information content (AvgIpc) is 2.81. The Bertz CT molecular complexity index is 972. The van der Waals surface area contributed by atoms with E-state index < -0.39 is 0 Å². The first-order valence-electron chi connectivity index (χ1n) is 10.9. The van der Waals surface area contributed by atoms with Gasteiger partial charge in [-0.3, -0.25) is 0 Å². The van der Waals surface area contributed by atoms with Crippen molar-refractivity contribution >= 4 is 22.5 Å². The second-order valence-corrected chi connectivity index (χ2v) is 8.46. The number of hydrogen-bond acceptors (Lipinski definition) is 1. The predicted octanol–water partition coefficient (Wildman–Crippen LogP) is 8.76. The third-order valence-corrected chi connectivity index (χ3v) is 5.70. The van der Waals surface area contributed by atoms with Crippen molar-refractivity contribution in [1.82, 2.24) is 0 Å². The summed E-state index contributed by atoms with van der Waals surface area (Å²) >= 11 is 1.88. The number of thioether (sulfide) groups is 1. The van der Waals surface area contributed by atoms with E-state index in [9.17, 15) is 0 Å². The van der Waals surface area contributed by atoms with Crippen LogP contribution in [0.2, 0.25) is 0 Å². The summed E-state index contributed by atoms with van der Waals surface area (Å²) < 4.78 is 0. The van der Waals surface area contributed by atoms with Gasteiger partial charge in [-0.1, -0.05) is 111 Å². The van der Waals surface area contributed by atoms with E-state index in [1.54, 1.807) is 0 Å². The van der Waals surface area contributed by atoms with Crippen molar-refractivity contribution in [3.8, 4) is 0 Å². The van der Waals surface area contributed by atoms with Crippen LogP contribution in [0.15, 0.2) is 102 Å². The summed E-state index contributed by atoms with van der Waals surface area (Å²) in [5, 5.41) is 2.67. The molecule has 0 radical (unpaired) electrons. The van der Waals surface area contributed by atoms with Gasteiger partial charge in [0.05, 0.1) is 0 Å². The van der Waals surface area contributed by atoms with Crippen molar-refractivity contribution in [1.29, 1.82) is 0 Å². The molecule has 0 atom stereocenters. The third kappa shape index (κ3) is 8.47. The second kappa shape index (κ2) is 13.7. The molecule has 0 aliphatic rings. The first-order valence-corrected chi connectivity index (χ1v) is 11.9. The van der Waals surface area contributed by atoms with Gasteiger partial charge in [0.25, 0.3) is 0 Å². The largest absolute Gasteiger partial charge is 0.126 e. The van der Waals surface area contributed by atoms with Gasteiger partial charge in [0.1, 0.15) is 0 Å². The van der Waals surface area contributed by atoms with Gasteiger partial charge in [0.2, 0.25) is 0 Å². The zero-order valence-electron chi connectivity index (χ0n) is 18.8. The summed E-state index contributed by atoms with van der Waals surface area (Å²) in [5.74, 6) is 1.16. The molecule has 0 saturated heterocycles. The SMILES string of the molecule is CCSc1ccccc1.CCc1ccc(C)cc1.CCc1ccc2ccccc2c1. The molecule has 0 aromatic heterocycles. The van der Waals surface area contributed by atoms with Crippen molar-refractivity contribution in [2.24, 2.45) is 0 Å². The van der Waals surface area contributed by atoms with E-state index in [1.807, 2.05) is 17.8 Å². The lowest BCUT2D eigenvalue weighted by Gasteiger charge is -1.99. The van der Waals surface area contributed by atoms with E-state index in [-0.39, 0.29) is 0 Å². The predicted molar refractivity (Wildman–Crippen MR) is 137 cm³/mol. The molecule has 0 fully saturated rings. The lowest BCUT2D eigenvalue weighted by atomic mass is 10.1. The van der Waals surface area contributed by atoms with Crippen LogP contribution in [0.5, 0.6) is 0 Å². The van der Waals surface area contributed by atoms with Crippen molar-refractivity contribution in [2.75, 3.05) is 5.75 Å². The van der Waals surface area contributed by atoms with Crippen LogP contribution in [0.25, 0.3) is 10.8 Å². The zero-order chi connectivity index (χ0) is 21.6. The Labute approximate surface area is 187 Å². The first-order chi connectivity index (χ1) is 14.7. The molecule has 0 amide bonds. The van der Waals surface area contributed by atoms with E-state index in [1.165, 1.54) is 32.4 Å². The van der Waals surface area contributed by atoms with E-state index >= 15 is 0 Å². The molecule has 0 unspecified atom stereocenters. The number of hydrogen-bond donors (Lipinski definition) is 0. The molecule has 4 rings (SSSR count). The number of fused-ring (bicyclic) bond motifs is 1. The fourth-order valence-corrected chi connectivity index (χ4v) is 3.65. The van der Waals surface area contributed by atoms with E-state index in [0.717, 1.165) is 18.6 Å². The molecule has 1 heteroatoms. The van der Waals surface area contributed by atoms with Crippen molar-refractivity contribution in [3.63, 3.8) is 0 Å². The van der Waals surface area contributed by atoms with Gasteiger partial charge in [-0.2, -0.15) is 0 Å². The van der Waals surface area contributed by atoms with Crippen LogP contribution < -0.4 is 0 Å². The molecule has 0 N–H and O–H groups in total. The maximum atomic E-state index is 2.26. The van der Waals surface area contributed by atoms with Crippen LogP contribution in [0.3, 0.4) is 0 Å². The number of rotatable bonds is 4. The first kappa shape index (κ1) is 23.8. The Morgan fingerprint density at radius 1 is 0.567 bits per heavy atom. The van der Waals surface area contributed by atoms with Crippen molar-refractivity contribution < 1.29 is 0 Å². The molecule has 30 heavy (non-hydrogen) atoms. The molecule has 0 aliphatic carbocycles. The topological polar surface area (TPSA) is 0 Å². The normalized spacial score (nSPS) is 9.87. The van der Waals surface area contributed by atoms with Crippen molar-refractivity contribution in [2.45, 2.75) is 45.4 Å². The quantitative estimate of drug-likeness (QED) is 0.301. The summed E-state index contributed by atoms with van der Waals surface area (Å²) in [4.78, 5) is 1.36. The van der Waals surface area contributed by atoms with Crippen molar-refractivity contribution in [3.05, 3.63) is 114 Å². The Hall–Kier alpha value is -2.51. The van der Waals surface area contributed by atoms with Gasteiger partial charge in [0.15, 0.2) is 0 Å². The highest BCUT2D eigenvalue weighted by molar-refractivity contribution is 7.99. The third-order valence-electron chi connectivity index (χ3n) is 4.81. The van der Waals surface area contributed by atoms with Gasteiger partial charge in [0, 0.05) is 4.90 Å². The van der Waals surface area contributed by atoms with E-state index in [0.29, 0.717) is 0 Å². The zero-order valence-corrected chi connectivity index (χ0v) is 19.6. The summed E-state index contributed by atoms with van der Waals surface area (Å²) in [6.45, 7) is 8.63. The summed E-state index contributed by atoms with van der Waals surface area (Å²) in [6, 6.07) is 34.2. The minimum atomic E-state index is 1.12. The molecule has 4 aromatic rings. The lowest BCUT2D eigenvalue weighted by molar-refractivity contribution is 1.14. The molecule has 156 valence electrons. The van der Waals surface area contributed by atoms with E-state index in [2.05, 4.69) is 119 Å². The van der Waals surface area contributed by atoms with Crippen LogP contribution in [0, 0.1) is 6.92 Å². The highest BCUT2D eigenvalue weighted by atomic mass is 32.2. The van der Waals surface area contributed by atoms with Crippen LogP contribution in [0.4, 0.5) is 0 Å². The maximum absolute atomic E-state index is 2.26. The summed E-state index contributed by atoms with van der Waals surface area (Å²) in [6.07, 6.45) is 2.26. The molecule has 0 spiro atoms. The molecule has 0 nitrogen and oxygen atoms in total. The monoisotopic (exact) mass is 414 g/mol. The average molecular weight is 415 g/mol. The fourth-order valence-electron chi connectivity index (χ4n) is 2.97. The van der Waals surface area contributed by atoms with Gasteiger partial charge < -0.3 is 0 Å². The van der Waals surface area contributed by atoms with Gasteiger partial charge in [-0.25, -0.2) is 0 Å². The lowest BCUT2D eigenvalue weighted by Crippen LogP contribution is -1.79. The minimum Gasteiger partial charge on any atom is -0.126 e. The Balaban J connectivity index is 0.000000163.